The first-order valence-electron chi connectivity index (χ1n) is 10.8. The molecule has 3 rings (SSSR count). The molecule has 1 heterocycles. The summed E-state index contributed by atoms with van der Waals surface area (Å²) in [6, 6.07) is 16.9. The van der Waals surface area contributed by atoms with Gasteiger partial charge in [-0.3, -0.25) is 9.69 Å². The number of rotatable bonds is 8. The monoisotopic (exact) mass is 444 g/mol. The first-order chi connectivity index (χ1) is 14.9. The molecule has 31 heavy (non-hydrogen) atoms. The third kappa shape index (κ3) is 5.51. The summed E-state index contributed by atoms with van der Waals surface area (Å²) in [4.78, 5) is 15.3. The van der Waals surface area contributed by atoms with E-state index in [4.69, 9.17) is 0 Å². The summed E-state index contributed by atoms with van der Waals surface area (Å²) in [5.74, 6) is -0.116. The lowest BCUT2D eigenvalue weighted by Gasteiger charge is -2.39. The molecule has 0 saturated carbocycles. The van der Waals surface area contributed by atoms with Crippen LogP contribution < -0.4 is 5.32 Å². The second-order valence-electron chi connectivity index (χ2n) is 7.70. The first kappa shape index (κ1) is 23.4. The maximum Gasteiger partial charge on any atom is 0.282 e. The van der Waals surface area contributed by atoms with Crippen molar-refractivity contribution in [1.82, 2.24) is 13.5 Å². The van der Waals surface area contributed by atoms with Crippen molar-refractivity contribution in [3.63, 3.8) is 0 Å². The van der Waals surface area contributed by atoms with Crippen molar-refractivity contribution < 1.29 is 13.2 Å². The van der Waals surface area contributed by atoms with E-state index in [-0.39, 0.29) is 5.91 Å². The number of hydrogen-bond donors (Lipinski definition) is 1. The smallest absolute Gasteiger partial charge is 0.282 e. The van der Waals surface area contributed by atoms with Gasteiger partial charge in [0.05, 0.1) is 0 Å². The second kappa shape index (κ2) is 10.4. The number of benzene rings is 2. The van der Waals surface area contributed by atoms with Gasteiger partial charge in [0.25, 0.3) is 10.2 Å². The van der Waals surface area contributed by atoms with E-state index in [0.29, 0.717) is 39.3 Å². The SMILES string of the molecule is CCN(CC)S(=O)(=O)N1CCN(C(C(=O)Nc2ccc(C)cc2)c2ccccc2)CC1. The van der Waals surface area contributed by atoms with E-state index in [1.807, 2.05) is 75.4 Å². The Bertz CT molecular complexity index is 952. The van der Waals surface area contributed by atoms with Crippen LogP contribution in [0.2, 0.25) is 0 Å². The average molecular weight is 445 g/mol. The van der Waals surface area contributed by atoms with Crippen LogP contribution in [-0.2, 0) is 15.0 Å². The molecular formula is C23H32N4O3S. The van der Waals surface area contributed by atoms with Crippen molar-refractivity contribution >= 4 is 21.8 Å². The van der Waals surface area contributed by atoms with Crippen molar-refractivity contribution in [2.75, 3.05) is 44.6 Å². The Balaban J connectivity index is 1.77. The van der Waals surface area contributed by atoms with Gasteiger partial charge in [-0.15, -0.1) is 0 Å². The molecule has 1 amide bonds. The van der Waals surface area contributed by atoms with Crippen LogP contribution in [0.25, 0.3) is 0 Å². The van der Waals surface area contributed by atoms with Crippen LogP contribution in [0, 0.1) is 6.92 Å². The largest absolute Gasteiger partial charge is 0.324 e. The summed E-state index contributed by atoms with van der Waals surface area (Å²) >= 11 is 0. The quantitative estimate of drug-likeness (QED) is 0.680. The molecule has 2 aromatic rings. The van der Waals surface area contributed by atoms with Gasteiger partial charge < -0.3 is 5.32 Å². The van der Waals surface area contributed by atoms with Gasteiger partial charge in [-0.05, 0) is 24.6 Å². The molecule has 0 radical (unpaired) electrons. The minimum atomic E-state index is -3.47. The lowest BCUT2D eigenvalue weighted by molar-refractivity contribution is -0.122. The molecule has 1 atom stereocenters. The van der Waals surface area contributed by atoms with E-state index in [2.05, 4.69) is 10.2 Å². The average Bonchev–Trinajstić information content (AvgIpc) is 2.77. The van der Waals surface area contributed by atoms with Crippen molar-refractivity contribution in [3.8, 4) is 0 Å². The molecular weight excluding hydrogens is 412 g/mol. The molecule has 168 valence electrons. The minimum Gasteiger partial charge on any atom is -0.324 e. The lowest BCUT2D eigenvalue weighted by atomic mass is 10.0. The van der Waals surface area contributed by atoms with Crippen molar-refractivity contribution in [1.29, 1.82) is 0 Å². The Morgan fingerprint density at radius 3 is 2.10 bits per heavy atom. The van der Waals surface area contributed by atoms with Crippen LogP contribution in [0.15, 0.2) is 54.6 Å². The standard InChI is InChI=1S/C23H32N4O3S/c1-4-26(5-2)31(29,30)27-17-15-25(16-18-27)22(20-9-7-6-8-10-20)23(28)24-21-13-11-19(3)12-14-21/h6-14,22H,4-5,15-18H2,1-3H3,(H,24,28). The molecule has 1 aliphatic heterocycles. The Hall–Kier alpha value is -2.26. The fourth-order valence-electron chi connectivity index (χ4n) is 3.92. The van der Waals surface area contributed by atoms with E-state index >= 15 is 0 Å². The fourth-order valence-corrected chi connectivity index (χ4v) is 5.52. The van der Waals surface area contributed by atoms with Crippen LogP contribution in [0.5, 0.6) is 0 Å². The van der Waals surface area contributed by atoms with Crippen LogP contribution in [0.3, 0.4) is 0 Å². The molecule has 7 nitrogen and oxygen atoms in total. The number of piperazine rings is 1. The highest BCUT2D eigenvalue weighted by molar-refractivity contribution is 7.86. The molecule has 0 spiro atoms. The van der Waals surface area contributed by atoms with Crippen molar-refractivity contribution in [2.45, 2.75) is 26.8 Å². The number of carbonyl (C=O) groups excluding carboxylic acids is 1. The number of nitrogens with zero attached hydrogens (tertiary/aromatic N) is 3. The number of hydrogen-bond acceptors (Lipinski definition) is 4. The highest BCUT2D eigenvalue weighted by Gasteiger charge is 2.35. The van der Waals surface area contributed by atoms with E-state index in [9.17, 15) is 13.2 Å². The molecule has 0 aliphatic carbocycles. The zero-order chi connectivity index (χ0) is 22.4. The van der Waals surface area contributed by atoms with Gasteiger partial charge in [0.15, 0.2) is 0 Å². The number of carbonyl (C=O) groups is 1. The summed E-state index contributed by atoms with van der Waals surface area (Å²) in [5.41, 5.74) is 2.77. The summed E-state index contributed by atoms with van der Waals surface area (Å²) in [6.45, 7) is 8.29. The Morgan fingerprint density at radius 2 is 1.55 bits per heavy atom. The maximum atomic E-state index is 13.3. The molecule has 1 fully saturated rings. The predicted octanol–water partition coefficient (Wildman–Crippen LogP) is 2.88. The Kier molecular flexibility index (Phi) is 7.83. The van der Waals surface area contributed by atoms with E-state index in [1.165, 1.54) is 8.61 Å². The topological polar surface area (TPSA) is 73.0 Å². The summed E-state index contributed by atoms with van der Waals surface area (Å²) < 4.78 is 28.7. The summed E-state index contributed by atoms with van der Waals surface area (Å²) in [7, 11) is -3.47. The molecule has 1 saturated heterocycles. The molecule has 1 aliphatic rings. The highest BCUT2D eigenvalue weighted by Crippen LogP contribution is 2.25. The van der Waals surface area contributed by atoms with Gasteiger partial charge in [0.1, 0.15) is 6.04 Å². The van der Waals surface area contributed by atoms with Crippen LogP contribution in [0.4, 0.5) is 5.69 Å². The maximum absolute atomic E-state index is 13.3. The molecule has 1 N–H and O–H groups in total. The van der Waals surface area contributed by atoms with Gasteiger partial charge in [0, 0.05) is 45.0 Å². The van der Waals surface area contributed by atoms with Gasteiger partial charge in [-0.25, -0.2) is 0 Å². The van der Waals surface area contributed by atoms with Gasteiger partial charge in [-0.1, -0.05) is 61.9 Å². The third-order valence-electron chi connectivity index (χ3n) is 5.68. The zero-order valence-electron chi connectivity index (χ0n) is 18.5. The lowest BCUT2D eigenvalue weighted by Crippen LogP contribution is -2.54. The molecule has 0 bridgehead atoms. The molecule has 8 heteroatoms. The summed E-state index contributed by atoms with van der Waals surface area (Å²) in [6.07, 6.45) is 0. The van der Waals surface area contributed by atoms with E-state index < -0.39 is 16.3 Å². The molecule has 1 unspecified atom stereocenters. The Morgan fingerprint density at radius 1 is 0.968 bits per heavy atom. The zero-order valence-corrected chi connectivity index (χ0v) is 19.3. The number of aryl methyl sites for hydroxylation is 1. The number of nitrogens with one attached hydrogen (secondary N) is 1. The Labute approximate surface area is 185 Å². The van der Waals surface area contributed by atoms with Crippen molar-refractivity contribution in [3.05, 3.63) is 65.7 Å². The van der Waals surface area contributed by atoms with Crippen LogP contribution >= 0.6 is 0 Å². The van der Waals surface area contributed by atoms with E-state index in [1.54, 1.807) is 0 Å². The minimum absolute atomic E-state index is 0.116. The highest BCUT2D eigenvalue weighted by atomic mass is 32.2. The van der Waals surface area contributed by atoms with Gasteiger partial charge >= 0.3 is 0 Å². The van der Waals surface area contributed by atoms with Gasteiger partial charge in [0.2, 0.25) is 5.91 Å². The van der Waals surface area contributed by atoms with Crippen LogP contribution in [0.1, 0.15) is 31.0 Å². The number of anilines is 1. The third-order valence-corrected chi connectivity index (χ3v) is 7.87. The molecule has 0 aromatic heterocycles. The summed E-state index contributed by atoms with van der Waals surface area (Å²) in [5, 5.41) is 3.02. The fraction of sp³-hybridized carbons (Fsp3) is 0.435. The predicted molar refractivity (Wildman–Crippen MR) is 124 cm³/mol. The number of amides is 1. The van der Waals surface area contributed by atoms with E-state index in [0.717, 1.165) is 16.8 Å². The molecule has 2 aromatic carbocycles. The van der Waals surface area contributed by atoms with Crippen molar-refractivity contribution in [2.24, 2.45) is 0 Å². The van der Waals surface area contributed by atoms with Gasteiger partial charge in [-0.2, -0.15) is 17.0 Å². The first-order valence-corrected chi connectivity index (χ1v) is 12.2. The normalized spacial score (nSPS) is 16.9. The van der Waals surface area contributed by atoms with Crippen LogP contribution in [-0.4, -0.2) is 67.1 Å². The second-order valence-corrected chi connectivity index (χ2v) is 9.62.